The van der Waals surface area contributed by atoms with Crippen molar-refractivity contribution >= 4 is 43.7 Å². The highest BCUT2D eigenvalue weighted by atomic mass is 32.2. The molecule has 0 unspecified atom stereocenters. The lowest BCUT2D eigenvalue weighted by Gasteiger charge is -2.22. The molecule has 5 rings (SSSR count). The van der Waals surface area contributed by atoms with Gasteiger partial charge < -0.3 is 4.98 Å². The summed E-state index contributed by atoms with van der Waals surface area (Å²) in [7, 11) is -4.02. The molecular formula is C24H21N5O3S2. The van der Waals surface area contributed by atoms with Crippen LogP contribution in [0.25, 0.3) is 21.9 Å². The molecule has 0 aliphatic rings. The molecular weight excluding hydrogens is 470 g/mol. The zero-order chi connectivity index (χ0) is 23.9. The summed E-state index contributed by atoms with van der Waals surface area (Å²) >= 11 is 0.961. The van der Waals surface area contributed by atoms with E-state index in [1.807, 2.05) is 26.0 Å². The molecule has 10 heteroatoms. The van der Waals surface area contributed by atoms with Gasteiger partial charge in [-0.2, -0.15) is 13.1 Å². The lowest BCUT2D eigenvalue weighted by molar-refractivity contribution is 0.400. The summed E-state index contributed by atoms with van der Waals surface area (Å²) in [6, 6.07) is 14.2. The molecule has 0 bridgehead atoms. The van der Waals surface area contributed by atoms with Crippen LogP contribution in [0.3, 0.4) is 0 Å². The predicted octanol–water partition coefficient (Wildman–Crippen LogP) is 3.94. The summed E-state index contributed by atoms with van der Waals surface area (Å²) < 4.78 is 37.4. The van der Waals surface area contributed by atoms with Crippen molar-refractivity contribution in [2.75, 3.05) is 0 Å². The van der Waals surface area contributed by atoms with Crippen molar-refractivity contribution in [2.24, 2.45) is 0 Å². The number of hydrogen-bond donors (Lipinski definition) is 1. The second-order valence-electron chi connectivity index (χ2n) is 8.19. The number of nitrogens with one attached hydrogen (secondary N) is 1. The molecule has 5 aromatic rings. The number of pyridine rings is 2. The highest BCUT2D eigenvalue weighted by Crippen LogP contribution is 2.27. The fourth-order valence-corrected chi connectivity index (χ4v) is 6.23. The van der Waals surface area contributed by atoms with E-state index in [-0.39, 0.29) is 23.5 Å². The standard InChI is InChI=1S/C24H21N5O3S2/c1-15-9-16(2)19-11-18(24(30)26-21(19)10-15)14-29(13-17-5-4-8-25-12-17)34(31,32)22-7-3-6-20-23(22)28-33-27-20/h3-12H,13-14H2,1-2H3,(H,26,30). The molecule has 0 saturated heterocycles. The number of rotatable bonds is 6. The minimum absolute atomic E-state index is 0.0501. The molecule has 2 aromatic carbocycles. The van der Waals surface area contributed by atoms with Crippen molar-refractivity contribution in [1.82, 2.24) is 23.0 Å². The first-order valence-corrected chi connectivity index (χ1v) is 12.7. The van der Waals surface area contributed by atoms with Crippen LogP contribution in [-0.4, -0.2) is 31.4 Å². The molecule has 3 aromatic heterocycles. The number of H-pyrrole nitrogens is 1. The molecule has 34 heavy (non-hydrogen) atoms. The Balaban J connectivity index is 1.63. The van der Waals surface area contributed by atoms with Gasteiger partial charge in [0, 0.05) is 41.9 Å². The Labute approximate surface area is 200 Å². The molecule has 0 amide bonds. The third-order valence-electron chi connectivity index (χ3n) is 5.68. The second kappa shape index (κ2) is 8.71. The van der Waals surface area contributed by atoms with Crippen molar-refractivity contribution in [1.29, 1.82) is 0 Å². The second-order valence-corrected chi connectivity index (χ2v) is 10.6. The Morgan fingerprint density at radius 3 is 2.68 bits per heavy atom. The number of sulfonamides is 1. The number of benzene rings is 2. The summed E-state index contributed by atoms with van der Waals surface area (Å²) in [4.78, 5) is 20.1. The fraction of sp³-hybridized carbons (Fsp3) is 0.167. The highest BCUT2D eigenvalue weighted by molar-refractivity contribution is 7.89. The maximum absolute atomic E-state index is 13.9. The molecule has 0 radical (unpaired) electrons. The SMILES string of the molecule is Cc1cc(C)c2cc(CN(Cc3cccnc3)S(=O)(=O)c3cccc4nsnc34)c(=O)[nH]c2c1. The maximum Gasteiger partial charge on any atom is 0.252 e. The molecule has 0 spiro atoms. The Morgan fingerprint density at radius 1 is 1.03 bits per heavy atom. The van der Waals surface area contributed by atoms with Gasteiger partial charge in [-0.15, -0.1) is 0 Å². The normalized spacial score (nSPS) is 12.1. The van der Waals surface area contributed by atoms with Crippen molar-refractivity contribution in [3.05, 3.63) is 93.5 Å². The zero-order valence-electron chi connectivity index (χ0n) is 18.5. The van der Waals surface area contributed by atoms with Gasteiger partial charge in [0.25, 0.3) is 5.56 Å². The van der Waals surface area contributed by atoms with E-state index in [0.29, 0.717) is 22.2 Å². The van der Waals surface area contributed by atoms with Crippen LogP contribution in [0, 0.1) is 13.8 Å². The van der Waals surface area contributed by atoms with Crippen LogP contribution in [0.1, 0.15) is 22.3 Å². The van der Waals surface area contributed by atoms with E-state index in [4.69, 9.17) is 0 Å². The predicted molar refractivity (Wildman–Crippen MR) is 132 cm³/mol. The minimum atomic E-state index is -4.02. The van der Waals surface area contributed by atoms with E-state index in [1.54, 1.807) is 42.7 Å². The first-order chi connectivity index (χ1) is 16.3. The third-order valence-corrected chi connectivity index (χ3v) is 8.05. The van der Waals surface area contributed by atoms with Gasteiger partial charge in [0.1, 0.15) is 15.9 Å². The number of aromatic nitrogens is 4. The Morgan fingerprint density at radius 2 is 1.88 bits per heavy atom. The average Bonchev–Trinajstić information content (AvgIpc) is 3.29. The van der Waals surface area contributed by atoms with Crippen LogP contribution in [-0.2, 0) is 23.1 Å². The first-order valence-electron chi connectivity index (χ1n) is 10.6. The number of hydrogen-bond acceptors (Lipinski definition) is 7. The van der Waals surface area contributed by atoms with Gasteiger partial charge in [0.2, 0.25) is 10.0 Å². The number of fused-ring (bicyclic) bond motifs is 2. The van der Waals surface area contributed by atoms with E-state index < -0.39 is 10.0 Å². The largest absolute Gasteiger partial charge is 0.322 e. The summed E-state index contributed by atoms with van der Waals surface area (Å²) in [6.45, 7) is 3.88. The summed E-state index contributed by atoms with van der Waals surface area (Å²) in [5, 5.41) is 0.879. The lowest BCUT2D eigenvalue weighted by atomic mass is 10.0. The molecule has 3 heterocycles. The van der Waals surface area contributed by atoms with Crippen molar-refractivity contribution in [3.63, 3.8) is 0 Å². The molecule has 0 saturated carbocycles. The first kappa shape index (κ1) is 22.3. The van der Waals surface area contributed by atoms with Crippen LogP contribution < -0.4 is 5.56 Å². The van der Waals surface area contributed by atoms with Gasteiger partial charge in [0.05, 0.1) is 11.7 Å². The van der Waals surface area contributed by atoms with Crippen LogP contribution in [0.15, 0.2) is 70.6 Å². The minimum Gasteiger partial charge on any atom is -0.322 e. The average molecular weight is 492 g/mol. The third kappa shape index (κ3) is 4.11. The molecule has 1 N–H and O–H groups in total. The van der Waals surface area contributed by atoms with Gasteiger partial charge in [-0.25, -0.2) is 8.42 Å². The van der Waals surface area contributed by atoms with Crippen molar-refractivity contribution < 1.29 is 8.42 Å². The molecule has 0 atom stereocenters. The van der Waals surface area contributed by atoms with E-state index in [0.717, 1.165) is 33.8 Å². The van der Waals surface area contributed by atoms with E-state index >= 15 is 0 Å². The Kier molecular flexibility index (Phi) is 5.72. The van der Waals surface area contributed by atoms with E-state index in [9.17, 15) is 13.2 Å². The maximum atomic E-state index is 13.9. The van der Waals surface area contributed by atoms with Crippen molar-refractivity contribution in [3.8, 4) is 0 Å². The number of aryl methyl sites for hydroxylation is 2. The monoisotopic (exact) mass is 491 g/mol. The summed E-state index contributed by atoms with van der Waals surface area (Å²) in [5.74, 6) is 0. The van der Waals surface area contributed by atoms with Gasteiger partial charge in [-0.1, -0.05) is 18.2 Å². The van der Waals surface area contributed by atoms with Crippen LogP contribution in [0.2, 0.25) is 0 Å². The van der Waals surface area contributed by atoms with Gasteiger partial charge in [-0.3, -0.25) is 9.78 Å². The van der Waals surface area contributed by atoms with Crippen LogP contribution >= 0.6 is 11.7 Å². The van der Waals surface area contributed by atoms with Crippen molar-refractivity contribution in [2.45, 2.75) is 31.8 Å². The topological polar surface area (TPSA) is 109 Å². The quantitative estimate of drug-likeness (QED) is 0.385. The summed E-state index contributed by atoms with van der Waals surface area (Å²) in [5.41, 5.74) is 4.36. The van der Waals surface area contributed by atoms with Gasteiger partial charge in [0.15, 0.2) is 0 Å². The van der Waals surface area contributed by atoms with Gasteiger partial charge in [-0.05, 0) is 60.9 Å². The Hall–Kier alpha value is -3.47. The summed E-state index contributed by atoms with van der Waals surface area (Å²) in [6.07, 6.45) is 3.24. The zero-order valence-corrected chi connectivity index (χ0v) is 20.2. The van der Waals surface area contributed by atoms with Crippen LogP contribution in [0.4, 0.5) is 0 Å². The lowest BCUT2D eigenvalue weighted by Crippen LogP contribution is -2.32. The smallest absolute Gasteiger partial charge is 0.252 e. The van der Waals surface area contributed by atoms with E-state index in [2.05, 4.69) is 18.7 Å². The number of aromatic amines is 1. The molecule has 0 aliphatic carbocycles. The molecule has 0 aliphatic heterocycles. The van der Waals surface area contributed by atoms with E-state index in [1.165, 1.54) is 10.4 Å². The van der Waals surface area contributed by atoms with Crippen LogP contribution in [0.5, 0.6) is 0 Å². The number of nitrogens with zero attached hydrogens (tertiary/aromatic N) is 4. The highest BCUT2D eigenvalue weighted by Gasteiger charge is 2.29. The fourth-order valence-electron chi connectivity index (χ4n) is 4.07. The van der Waals surface area contributed by atoms with Gasteiger partial charge >= 0.3 is 0 Å². The molecule has 8 nitrogen and oxygen atoms in total. The molecule has 0 fully saturated rings. The Bertz CT molecular complexity index is 1680. The molecule has 172 valence electrons.